The van der Waals surface area contributed by atoms with Crippen LogP contribution in [0.4, 0.5) is 0 Å². The molecule has 76 valence electrons. The van der Waals surface area contributed by atoms with Crippen molar-refractivity contribution in [2.24, 2.45) is 0 Å². The normalized spacial score (nSPS) is 24.6. The van der Waals surface area contributed by atoms with Crippen molar-refractivity contribution in [3.8, 4) is 0 Å². The van der Waals surface area contributed by atoms with Crippen molar-refractivity contribution in [2.75, 3.05) is 19.8 Å². The molecule has 0 atom stereocenters. The van der Waals surface area contributed by atoms with Crippen molar-refractivity contribution in [2.45, 2.75) is 24.3 Å². The van der Waals surface area contributed by atoms with E-state index < -0.39 is 0 Å². The second-order valence-electron chi connectivity index (χ2n) is 4.53. The van der Waals surface area contributed by atoms with E-state index in [2.05, 4.69) is 22.6 Å². The standard InChI is InChI=1S/C11H16N2O/c1-2-10(1)13-6-11(7-14-8-11)9-3-4-12-5-9/h3-5,10,12-13H,1-2,6-8H2. The summed E-state index contributed by atoms with van der Waals surface area (Å²) in [4.78, 5) is 3.12. The van der Waals surface area contributed by atoms with Crippen LogP contribution in [0, 0.1) is 0 Å². The number of hydrogen-bond acceptors (Lipinski definition) is 2. The van der Waals surface area contributed by atoms with Crippen molar-refractivity contribution >= 4 is 0 Å². The number of hydrogen-bond donors (Lipinski definition) is 2. The lowest BCUT2D eigenvalue weighted by molar-refractivity contribution is -0.0591. The monoisotopic (exact) mass is 192 g/mol. The number of rotatable bonds is 4. The summed E-state index contributed by atoms with van der Waals surface area (Å²) >= 11 is 0. The van der Waals surface area contributed by atoms with E-state index in [0.29, 0.717) is 0 Å². The van der Waals surface area contributed by atoms with Gasteiger partial charge in [0.1, 0.15) is 0 Å². The Labute approximate surface area is 83.8 Å². The molecule has 1 aliphatic carbocycles. The Morgan fingerprint density at radius 1 is 1.50 bits per heavy atom. The van der Waals surface area contributed by atoms with Gasteiger partial charge < -0.3 is 15.0 Å². The summed E-state index contributed by atoms with van der Waals surface area (Å²) in [5, 5.41) is 3.59. The maximum absolute atomic E-state index is 5.36. The first-order chi connectivity index (χ1) is 6.89. The minimum atomic E-state index is 0.253. The zero-order chi connectivity index (χ0) is 9.43. The maximum atomic E-state index is 5.36. The average molecular weight is 192 g/mol. The van der Waals surface area contributed by atoms with Gasteiger partial charge >= 0.3 is 0 Å². The van der Waals surface area contributed by atoms with Gasteiger partial charge in [-0.05, 0) is 24.5 Å². The fraction of sp³-hybridized carbons (Fsp3) is 0.636. The summed E-state index contributed by atoms with van der Waals surface area (Å²) < 4.78 is 5.36. The Hall–Kier alpha value is -0.800. The van der Waals surface area contributed by atoms with Gasteiger partial charge in [-0.3, -0.25) is 0 Å². The first-order valence-electron chi connectivity index (χ1n) is 5.33. The van der Waals surface area contributed by atoms with Crippen LogP contribution in [0.1, 0.15) is 18.4 Å². The van der Waals surface area contributed by atoms with Crippen molar-refractivity contribution in [1.82, 2.24) is 10.3 Å². The van der Waals surface area contributed by atoms with Crippen molar-refractivity contribution < 1.29 is 4.74 Å². The Balaban J connectivity index is 1.70. The summed E-state index contributed by atoms with van der Waals surface area (Å²) in [5.74, 6) is 0. The van der Waals surface area contributed by atoms with E-state index in [4.69, 9.17) is 4.74 Å². The number of aromatic nitrogens is 1. The third-order valence-electron chi connectivity index (χ3n) is 3.27. The molecule has 14 heavy (non-hydrogen) atoms. The molecule has 1 aromatic rings. The van der Waals surface area contributed by atoms with Crippen molar-refractivity contribution in [1.29, 1.82) is 0 Å². The highest BCUT2D eigenvalue weighted by Crippen LogP contribution is 2.32. The Morgan fingerprint density at radius 3 is 2.86 bits per heavy atom. The lowest BCUT2D eigenvalue weighted by atomic mass is 9.80. The van der Waals surface area contributed by atoms with Crippen LogP contribution < -0.4 is 5.32 Å². The van der Waals surface area contributed by atoms with Crippen LogP contribution >= 0.6 is 0 Å². The van der Waals surface area contributed by atoms with Gasteiger partial charge in [0.05, 0.1) is 18.6 Å². The molecule has 2 aliphatic rings. The number of ether oxygens (including phenoxy) is 1. The molecule has 3 rings (SSSR count). The first kappa shape index (κ1) is 8.50. The second-order valence-corrected chi connectivity index (χ2v) is 4.53. The molecule has 0 spiro atoms. The molecule has 3 heteroatoms. The number of nitrogens with one attached hydrogen (secondary N) is 2. The fourth-order valence-corrected chi connectivity index (χ4v) is 2.00. The summed E-state index contributed by atoms with van der Waals surface area (Å²) in [5.41, 5.74) is 1.64. The van der Waals surface area contributed by atoms with Gasteiger partial charge in [0.2, 0.25) is 0 Å². The summed E-state index contributed by atoms with van der Waals surface area (Å²) in [6.45, 7) is 2.80. The molecule has 2 fully saturated rings. The smallest absolute Gasteiger partial charge is 0.0598 e. The average Bonchev–Trinajstić information content (AvgIpc) is 2.78. The van der Waals surface area contributed by atoms with Crippen molar-refractivity contribution in [3.05, 3.63) is 24.0 Å². The summed E-state index contributed by atoms with van der Waals surface area (Å²) in [6.07, 6.45) is 6.79. The van der Waals surface area contributed by atoms with E-state index in [0.717, 1.165) is 25.8 Å². The first-order valence-corrected chi connectivity index (χ1v) is 5.33. The topological polar surface area (TPSA) is 37.0 Å². The van der Waals surface area contributed by atoms with Gasteiger partial charge in [0, 0.05) is 25.0 Å². The Bertz CT molecular complexity index is 299. The zero-order valence-corrected chi connectivity index (χ0v) is 8.25. The molecule has 0 amide bonds. The van der Waals surface area contributed by atoms with Gasteiger partial charge in [0.15, 0.2) is 0 Å². The molecular weight excluding hydrogens is 176 g/mol. The largest absolute Gasteiger partial charge is 0.379 e. The molecule has 0 bridgehead atoms. The summed E-state index contributed by atoms with van der Waals surface area (Å²) in [6, 6.07) is 2.95. The van der Waals surface area contributed by atoms with E-state index >= 15 is 0 Å². The molecule has 1 aliphatic heterocycles. The maximum Gasteiger partial charge on any atom is 0.0598 e. The van der Waals surface area contributed by atoms with Gasteiger partial charge in [-0.25, -0.2) is 0 Å². The highest BCUT2D eigenvalue weighted by Gasteiger charge is 2.41. The molecule has 0 aromatic carbocycles. The zero-order valence-electron chi connectivity index (χ0n) is 8.25. The summed E-state index contributed by atoms with van der Waals surface area (Å²) in [7, 11) is 0. The third kappa shape index (κ3) is 1.37. The molecule has 0 radical (unpaired) electrons. The molecule has 1 aromatic heterocycles. The van der Waals surface area contributed by atoms with E-state index in [1.807, 2.05) is 6.20 Å². The van der Waals surface area contributed by atoms with E-state index in [-0.39, 0.29) is 5.41 Å². The predicted octanol–water partition coefficient (Wildman–Crippen LogP) is 1.03. The Morgan fingerprint density at radius 2 is 2.36 bits per heavy atom. The number of H-pyrrole nitrogens is 1. The third-order valence-corrected chi connectivity index (χ3v) is 3.27. The molecule has 1 saturated heterocycles. The quantitative estimate of drug-likeness (QED) is 0.747. The van der Waals surface area contributed by atoms with Crippen LogP contribution in [0.25, 0.3) is 0 Å². The highest BCUT2D eigenvalue weighted by atomic mass is 16.5. The van der Waals surface area contributed by atoms with Crippen LogP contribution in [0.15, 0.2) is 18.5 Å². The molecule has 2 N–H and O–H groups in total. The minimum Gasteiger partial charge on any atom is -0.379 e. The predicted molar refractivity (Wildman–Crippen MR) is 54.3 cm³/mol. The van der Waals surface area contributed by atoms with Crippen LogP contribution in [0.3, 0.4) is 0 Å². The lowest BCUT2D eigenvalue weighted by Gasteiger charge is -2.41. The van der Waals surface area contributed by atoms with E-state index in [1.165, 1.54) is 18.4 Å². The highest BCUT2D eigenvalue weighted by molar-refractivity contribution is 5.26. The second kappa shape index (κ2) is 3.11. The van der Waals surface area contributed by atoms with Gasteiger partial charge in [0.25, 0.3) is 0 Å². The van der Waals surface area contributed by atoms with E-state index in [1.54, 1.807) is 0 Å². The van der Waals surface area contributed by atoms with Gasteiger partial charge in [-0.2, -0.15) is 0 Å². The van der Waals surface area contributed by atoms with Crippen LogP contribution in [-0.2, 0) is 10.2 Å². The minimum absolute atomic E-state index is 0.253. The van der Waals surface area contributed by atoms with Gasteiger partial charge in [-0.15, -0.1) is 0 Å². The van der Waals surface area contributed by atoms with E-state index in [9.17, 15) is 0 Å². The fourth-order valence-electron chi connectivity index (χ4n) is 2.00. The molecule has 1 saturated carbocycles. The molecule has 0 unspecified atom stereocenters. The van der Waals surface area contributed by atoms with Crippen LogP contribution in [0.5, 0.6) is 0 Å². The van der Waals surface area contributed by atoms with Gasteiger partial charge in [-0.1, -0.05) is 0 Å². The lowest BCUT2D eigenvalue weighted by Crippen LogP contribution is -2.53. The number of aromatic amines is 1. The molecule has 3 nitrogen and oxygen atoms in total. The Kier molecular flexibility index (Phi) is 1.89. The molecule has 2 heterocycles. The van der Waals surface area contributed by atoms with Crippen LogP contribution in [0.2, 0.25) is 0 Å². The molecular formula is C11H16N2O. The van der Waals surface area contributed by atoms with Crippen molar-refractivity contribution in [3.63, 3.8) is 0 Å². The van der Waals surface area contributed by atoms with Crippen LogP contribution in [-0.4, -0.2) is 30.8 Å². The SMILES string of the molecule is c1cc(C2(CNC3CC3)COC2)c[nH]1.